The Labute approximate surface area is 188 Å². The van der Waals surface area contributed by atoms with Crippen LogP contribution in [0.15, 0.2) is 60.8 Å². The van der Waals surface area contributed by atoms with E-state index in [4.69, 9.17) is 4.74 Å². The number of nitrogens with one attached hydrogen (secondary N) is 1. The summed E-state index contributed by atoms with van der Waals surface area (Å²) in [7, 11) is 0. The predicted molar refractivity (Wildman–Crippen MR) is 124 cm³/mol. The lowest BCUT2D eigenvalue weighted by atomic mass is 10.1. The lowest BCUT2D eigenvalue weighted by Crippen LogP contribution is -2.32. The molecular weight excluding hydrogens is 402 g/mol. The van der Waals surface area contributed by atoms with Crippen molar-refractivity contribution in [3.05, 3.63) is 83.0 Å². The standard InChI is InChI=1S/C26H27N3O3/c1-3-19-9-11-20(12-10-19)17-28-24(30)7-5-15-29-22-16-18(2)8-13-23(22)32-25-21(26(29)31)6-4-14-27-25/h4,6,8-14,16H,3,5,7,15,17H2,1-2H3,(H,28,30). The SMILES string of the molecule is CCc1ccc(CNC(=O)CCCN2C(=O)c3cccnc3Oc3ccc(C)cc32)cc1. The average molecular weight is 430 g/mol. The number of fused-ring (bicyclic) bond motifs is 2. The maximum atomic E-state index is 13.3. The zero-order valence-electron chi connectivity index (χ0n) is 18.4. The van der Waals surface area contributed by atoms with Crippen LogP contribution in [-0.2, 0) is 17.8 Å². The monoisotopic (exact) mass is 429 g/mol. The highest BCUT2D eigenvalue weighted by Gasteiger charge is 2.28. The number of amides is 2. The fourth-order valence-corrected chi connectivity index (χ4v) is 3.72. The molecule has 6 nitrogen and oxygen atoms in total. The van der Waals surface area contributed by atoms with Gasteiger partial charge in [-0.15, -0.1) is 0 Å². The summed E-state index contributed by atoms with van der Waals surface area (Å²) < 4.78 is 5.94. The molecule has 3 aromatic rings. The van der Waals surface area contributed by atoms with Gasteiger partial charge in [-0.1, -0.05) is 37.3 Å². The number of anilines is 1. The molecule has 6 heteroatoms. The molecule has 2 amide bonds. The molecule has 0 unspecified atom stereocenters. The van der Waals surface area contributed by atoms with Crippen molar-refractivity contribution < 1.29 is 14.3 Å². The number of rotatable bonds is 7. The highest BCUT2D eigenvalue weighted by Crippen LogP contribution is 2.38. The first-order valence-corrected chi connectivity index (χ1v) is 10.9. The van der Waals surface area contributed by atoms with Crippen LogP contribution in [0.1, 0.15) is 46.8 Å². The average Bonchev–Trinajstić information content (AvgIpc) is 2.92. The Morgan fingerprint density at radius 2 is 1.88 bits per heavy atom. The minimum atomic E-state index is -0.172. The highest BCUT2D eigenvalue weighted by molar-refractivity contribution is 6.09. The Morgan fingerprint density at radius 3 is 2.66 bits per heavy atom. The Morgan fingerprint density at radius 1 is 1.09 bits per heavy atom. The number of carbonyl (C=O) groups is 2. The van der Waals surface area contributed by atoms with Gasteiger partial charge < -0.3 is 15.0 Å². The summed E-state index contributed by atoms with van der Waals surface area (Å²) in [5, 5.41) is 2.96. The summed E-state index contributed by atoms with van der Waals surface area (Å²) in [5.41, 5.74) is 4.49. The molecule has 0 bridgehead atoms. The van der Waals surface area contributed by atoms with E-state index in [9.17, 15) is 9.59 Å². The van der Waals surface area contributed by atoms with Crippen LogP contribution >= 0.6 is 0 Å². The first kappa shape index (κ1) is 21.6. The molecular formula is C26H27N3O3. The summed E-state index contributed by atoms with van der Waals surface area (Å²) >= 11 is 0. The Bertz CT molecular complexity index is 1130. The van der Waals surface area contributed by atoms with Gasteiger partial charge in [-0.3, -0.25) is 9.59 Å². The molecule has 1 aliphatic heterocycles. The summed E-state index contributed by atoms with van der Waals surface area (Å²) in [6.07, 6.45) is 3.47. The molecule has 0 saturated heterocycles. The smallest absolute Gasteiger partial charge is 0.263 e. The zero-order valence-corrected chi connectivity index (χ0v) is 18.4. The van der Waals surface area contributed by atoms with E-state index in [2.05, 4.69) is 29.4 Å². The number of hydrogen-bond donors (Lipinski definition) is 1. The van der Waals surface area contributed by atoms with Crippen LogP contribution in [-0.4, -0.2) is 23.3 Å². The van der Waals surface area contributed by atoms with Gasteiger partial charge in [0.05, 0.1) is 5.69 Å². The number of aromatic nitrogens is 1. The van der Waals surface area contributed by atoms with Gasteiger partial charge in [-0.25, -0.2) is 4.98 Å². The molecule has 0 atom stereocenters. The van der Waals surface area contributed by atoms with E-state index in [1.807, 2.05) is 37.3 Å². The number of benzene rings is 2. The maximum absolute atomic E-state index is 13.3. The second kappa shape index (κ2) is 9.64. The number of nitrogens with zero attached hydrogens (tertiary/aromatic N) is 2. The van der Waals surface area contributed by atoms with Crippen LogP contribution in [0.25, 0.3) is 0 Å². The number of hydrogen-bond acceptors (Lipinski definition) is 4. The predicted octanol–water partition coefficient (Wildman–Crippen LogP) is 4.80. The Kier molecular flexibility index (Phi) is 6.50. The number of aryl methyl sites for hydroxylation is 2. The van der Waals surface area contributed by atoms with Crippen LogP contribution in [0.5, 0.6) is 11.6 Å². The Balaban J connectivity index is 1.41. The fourth-order valence-electron chi connectivity index (χ4n) is 3.72. The van der Waals surface area contributed by atoms with E-state index in [1.54, 1.807) is 23.2 Å². The molecule has 0 saturated carbocycles. The van der Waals surface area contributed by atoms with Crippen molar-refractivity contribution in [1.29, 1.82) is 0 Å². The lowest BCUT2D eigenvalue weighted by Gasteiger charge is -2.22. The van der Waals surface area contributed by atoms with E-state index in [-0.39, 0.29) is 11.8 Å². The van der Waals surface area contributed by atoms with Gasteiger partial charge in [0.1, 0.15) is 5.56 Å². The second-order valence-electron chi connectivity index (χ2n) is 7.94. The third-order valence-electron chi connectivity index (χ3n) is 5.57. The van der Waals surface area contributed by atoms with Crippen LogP contribution in [0.2, 0.25) is 0 Å². The van der Waals surface area contributed by atoms with E-state index < -0.39 is 0 Å². The van der Waals surface area contributed by atoms with E-state index in [1.165, 1.54) is 5.56 Å². The van der Waals surface area contributed by atoms with Gasteiger partial charge in [0, 0.05) is 25.7 Å². The minimum Gasteiger partial charge on any atom is -0.436 e. The van der Waals surface area contributed by atoms with Gasteiger partial charge in [0.25, 0.3) is 5.91 Å². The van der Waals surface area contributed by atoms with Crippen molar-refractivity contribution in [1.82, 2.24) is 10.3 Å². The van der Waals surface area contributed by atoms with Crippen molar-refractivity contribution in [3.63, 3.8) is 0 Å². The summed E-state index contributed by atoms with van der Waals surface area (Å²) in [4.78, 5) is 31.5. The van der Waals surface area contributed by atoms with Crippen LogP contribution in [0.3, 0.4) is 0 Å². The topological polar surface area (TPSA) is 71.5 Å². The minimum absolute atomic E-state index is 0.0328. The van der Waals surface area contributed by atoms with Crippen molar-refractivity contribution in [2.24, 2.45) is 0 Å². The van der Waals surface area contributed by atoms with E-state index in [0.29, 0.717) is 48.8 Å². The highest BCUT2D eigenvalue weighted by atomic mass is 16.5. The quantitative estimate of drug-likeness (QED) is 0.586. The van der Waals surface area contributed by atoms with Crippen LogP contribution in [0, 0.1) is 6.92 Å². The molecule has 2 aromatic carbocycles. The van der Waals surface area contributed by atoms with Crippen molar-refractivity contribution in [2.45, 2.75) is 39.7 Å². The van der Waals surface area contributed by atoms with Gasteiger partial charge in [-0.05, 0) is 60.7 Å². The number of carbonyl (C=O) groups excluding carboxylic acids is 2. The zero-order chi connectivity index (χ0) is 22.5. The molecule has 164 valence electrons. The van der Waals surface area contributed by atoms with Crippen molar-refractivity contribution in [2.75, 3.05) is 11.4 Å². The van der Waals surface area contributed by atoms with Gasteiger partial charge >= 0.3 is 0 Å². The van der Waals surface area contributed by atoms with Gasteiger partial charge in [0.15, 0.2) is 5.75 Å². The third-order valence-corrected chi connectivity index (χ3v) is 5.57. The molecule has 1 aliphatic rings. The number of pyridine rings is 1. The van der Waals surface area contributed by atoms with Crippen molar-refractivity contribution in [3.8, 4) is 11.6 Å². The first-order chi connectivity index (χ1) is 15.5. The van der Waals surface area contributed by atoms with E-state index in [0.717, 1.165) is 17.5 Å². The fraction of sp³-hybridized carbons (Fsp3) is 0.269. The van der Waals surface area contributed by atoms with E-state index >= 15 is 0 Å². The molecule has 32 heavy (non-hydrogen) atoms. The molecule has 2 heterocycles. The van der Waals surface area contributed by atoms with Crippen molar-refractivity contribution >= 4 is 17.5 Å². The summed E-state index contributed by atoms with van der Waals surface area (Å²) in [6.45, 7) is 5.00. The largest absolute Gasteiger partial charge is 0.436 e. The third kappa shape index (κ3) is 4.80. The molecule has 4 rings (SSSR count). The maximum Gasteiger partial charge on any atom is 0.263 e. The van der Waals surface area contributed by atoms with Gasteiger partial charge in [0.2, 0.25) is 11.8 Å². The lowest BCUT2D eigenvalue weighted by molar-refractivity contribution is -0.121. The van der Waals surface area contributed by atoms with Gasteiger partial charge in [-0.2, -0.15) is 0 Å². The van der Waals surface area contributed by atoms with Crippen LogP contribution in [0.4, 0.5) is 5.69 Å². The molecule has 1 N–H and O–H groups in total. The molecule has 0 spiro atoms. The Hall–Kier alpha value is -3.67. The molecule has 0 aliphatic carbocycles. The second-order valence-corrected chi connectivity index (χ2v) is 7.94. The molecule has 0 fully saturated rings. The molecule has 1 aromatic heterocycles. The normalized spacial score (nSPS) is 12.4. The summed E-state index contributed by atoms with van der Waals surface area (Å²) in [5.74, 6) is 0.682. The molecule has 0 radical (unpaired) electrons. The summed E-state index contributed by atoms with van der Waals surface area (Å²) in [6, 6.07) is 17.4. The van der Waals surface area contributed by atoms with Crippen LogP contribution < -0.4 is 15.0 Å². The number of ether oxygens (including phenoxy) is 1. The first-order valence-electron chi connectivity index (χ1n) is 10.9.